The normalized spacial score (nSPS) is 16.9. The molecule has 20 heavy (non-hydrogen) atoms. The first-order valence-corrected chi connectivity index (χ1v) is 6.83. The minimum absolute atomic E-state index is 0. The van der Waals surface area contributed by atoms with E-state index in [1.54, 1.807) is 6.07 Å². The van der Waals surface area contributed by atoms with Gasteiger partial charge in [-0.05, 0) is 31.9 Å². The van der Waals surface area contributed by atoms with Gasteiger partial charge in [-0.2, -0.15) is 5.10 Å². The summed E-state index contributed by atoms with van der Waals surface area (Å²) in [6.07, 6.45) is 4.75. The van der Waals surface area contributed by atoms with Crippen molar-refractivity contribution in [3.05, 3.63) is 35.9 Å². The van der Waals surface area contributed by atoms with Crippen molar-refractivity contribution in [3.63, 3.8) is 0 Å². The molecule has 1 heterocycles. The molecule has 1 fully saturated rings. The van der Waals surface area contributed by atoms with Crippen molar-refractivity contribution in [2.75, 3.05) is 0 Å². The Balaban J connectivity index is 0.00000147. The Hall–Kier alpha value is -1.18. The molecule has 0 unspecified atom stereocenters. The van der Waals surface area contributed by atoms with Crippen molar-refractivity contribution in [1.29, 1.82) is 0 Å². The minimum Gasteiger partial charge on any atom is -0.506 e. The summed E-state index contributed by atoms with van der Waals surface area (Å²) >= 11 is 0. The van der Waals surface area contributed by atoms with Gasteiger partial charge >= 0.3 is 0 Å². The van der Waals surface area contributed by atoms with E-state index < -0.39 is 0 Å². The van der Waals surface area contributed by atoms with E-state index in [9.17, 15) is 5.11 Å². The Morgan fingerprint density at radius 1 is 1.20 bits per heavy atom. The summed E-state index contributed by atoms with van der Waals surface area (Å²) in [5.41, 5.74) is 0.787. The summed E-state index contributed by atoms with van der Waals surface area (Å²) in [5, 5.41) is 14.5. The number of benzene rings is 1. The van der Waals surface area contributed by atoms with Crippen LogP contribution in [0.5, 0.6) is 5.75 Å². The molecule has 2 aromatic rings. The van der Waals surface area contributed by atoms with E-state index >= 15 is 0 Å². The Kier molecular flexibility index (Phi) is 4.31. The molecule has 1 saturated carbocycles. The van der Waals surface area contributed by atoms with E-state index in [2.05, 4.69) is 17.0 Å². The van der Waals surface area contributed by atoms with Crippen LogP contribution in [-0.4, -0.2) is 19.9 Å². The van der Waals surface area contributed by atoms with Crippen molar-refractivity contribution < 1.29 is 25.5 Å². The first-order chi connectivity index (χ1) is 9.10. The molecule has 0 aliphatic heterocycles. The second-order valence-electron chi connectivity index (χ2n) is 5.65. The number of aryl methyl sites for hydroxylation is 1. The first-order valence-electron chi connectivity index (χ1n) is 6.83. The SMILES string of the molecule is Cc1nc(C2(C)CCCC2)n(-c2ccccc2O)n1.[Pd]. The third-order valence-corrected chi connectivity index (χ3v) is 4.07. The molecule has 1 N–H and O–H groups in total. The van der Waals surface area contributed by atoms with Crippen molar-refractivity contribution in [3.8, 4) is 11.4 Å². The van der Waals surface area contributed by atoms with Gasteiger partial charge in [0.05, 0.1) is 0 Å². The molecule has 0 atom stereocenters. The molecule has 0 spiro atoms. The van der Waals surface area contributed by atoms with Crippen LogP contribution in [0, 0.1) is 6.92 Å². The topological polar surface area (TPSA) is 50.9 Å². The first kappa shape index (κ1) is 15.2. The summed E-state index contributed by atoms with van der Waals surface area (Å²) in [4.78, 5) is 4.62. The second-order valence-corrected chi connectivity index (χ2v) is 5.65. The van der Waals surface area contributed by atoms with Gasteiger partial charge < -0.3 is 5.11 Å². The van der Waals surface area contributed by atoms with Gasteiger partial charge in [0.2, 0.25) is 0 Å². The van der Waals surface area contributed by atoms with Crippen LogP contribution >= 0.6 is 0 Å². The van der Waals surface area contributed by atoms with Crippen molar-refractivity contribution in [2.24, 2.45) is 0 Å². The van der Waals surface area contributed by atoms with Gasteiger partial charge in [-0.3, -0.25) is 0 Å². The molecule has 0 amide bonds. The van der Waals surface area contributed by atoms with Crippen LogP contribution in [0.1, 0.15) is 44.3 Å². The number of aromatic nitrogens is 3. The Bertz CT molecular complexity index is 603. The summed E-state index contributed by atoms with van der Waals surface area (Å²) in [6, 6.07) is 7.30. The molecule has 0 radical (unpaired) electrons. The molecule has 1 aromatic carbocycles. The summed E-state index contributed by atoms with van der Waals surface area (Å²) in [6.45, 7) is 4.15. The molecule has 4 nitrogen and oxygen atoms in total. The zero-order valence-corrected chi connectivity index (χ0v) is 13.3. The van der Waals surface area contributed by atoms with E-state index in [1.807, 2.05) is 29.8 Å². The van der Waals surface area contributed by atoms with Crippen LogP contribution in [0.4, 0.5) is 0 Å². The zero-order valence-electron chi connectivity index (χ0n) is 11.7. The fourth-order valence-corrected chi connectivity index (χ4v) is 3.00. The van der Waals surface area contributed by atoms with Gasteiger partial charge in [0, 0.05) is 25.8 Å². The Labute approximate surface area is 132 Å². The van der Waals surface area contributed by atoms with Gasteiger partial charge in [-0.15, -0.1) is 0 Å². The predicted octanol–water partition coefficient (Wildman–Crippen LogP) is 3.11. The Morgan fingerprint density at radius 2 is 1.85 bits per heavy atom. The number of aromatic hydroxyl groups is 1. The third-order valence-electron chi connectivity index (χ3n) is 4.07. The quantitative estimate of drug-likeness (QED) is 0.834. The van der Waals surface area contributed by atoms with E-state index in [-0.39, 0.29) is 31.6 Å². The second kappa shape index (κ2) is 5.67. The molecule has 5 heteroatoms. The monoisotopic (exact) mass is 363 g/mol. The molecule has 1 aliphatic carbocycles. The summed E-state index contributed by atoms with van der Waals surface area (Å²) < 4.78 is 1.82. The van der Waals surface area contributed by atoms with Crippen molar-refractivity contribution >= 4 is 0 Å². The maximum absolute atomic E-state index is 10.0. The molecule has 1 aliphatic rings. The van der Waals surface area contributed by atoms with Crippen LogP contribution in [0.2, 0.25) is 0 Å². The van der Waals surface area contributed by atoms with Gasteiger partial charge in [0.25, 0.3) is 0 Å². The fraction of sp³-hybridized carbons (Fsp3) is 0.467. The third kappa shape index (κ3) is 2.53. The molecule has 0 saturated heterocycles. The molecular weight excluding hydrogens is 345 g/mol. The zero-order chi connectivity index (χ0) is 13.5. The Morgan fingerprint density at radius 3 is 2.50 bits per heavy atom. The maximum Gasteiger partial charge on any atom is 0.148 e. The number of nitrogens with zero attached hydrogens (tertiary/aromatic N) is 3. The predicted molar refractivity (Wildman–Crippen MR) is 73.6 cm³/mol. The molecular formula is C15H19N3OPd. The minimum atomic E-state index is 0. The molecule has 3 rings (SSSR count). The van der Waals surface area contributed by atoms with Gasteiger partial charge in [0.1, 0.15) is 23.1 Å². The van der Waals surface area contributed by atoms with E-state index in [1.165, 1.54) is 12.8 Å². The number of hydrogen-bond acceptors (Lipinski definition) is 3. The van der Waals surface area contributed by atoms with Crippen LogP contribution in [-0.2, 0) is 25.8 Å². The van der Waals surface area contributed by atoms with E-state index in [0.717, 1.165) is 24.5 Å². The summed E-state index contributed by atoms with van der Waals surface area (Å²) in [7, 11) is 0. The van der Waals surface area contributed by atoms with Gasteiger partial charge in [-0.25, -0.2) is 9.67 Å². The van der Waals surface area contributed by atoms with Crippen LogP contribution in [0.25, 0.3) is 5.69 Å². The van der Waals surface area contributed by atoms with Crippen LogP contribution in [0.15, 0.2) is 24.3 Å². The van der Waals surface area contributed by atoms with Gasteiger partial charge in [-0.1, -0.05) is 31.9 Å². The van der Waals surface area contributed by atoms with Crippen molar-refractivity contribution in [2.45, 2.75) is 44.9 Å². The van der Waals surface area contributed by atoms with E-state index in [4.69, 9.17) is 0 Å². The largest absolute Gasteiger partial charge is 0.506 e. The summed E-state index contributed by atoms with van der Waals surface area (Å²) in [5.74, 6) is 1.98. The molecule has 110 valence electrons. The molecule has 0 bridgehead atoms. The maximum atomic E-state index is 10.0. The van der Waals surface area contributed by atoms with Crippen LogP contribution < -0.4 is 0 Å². The van der Waals surface area contributed by atoms with Crippen molar-refractivity contribution in [1.82, 2.24) is 14.8 Å². The van der Waals surface area contributed by atoms with E-state index in [0.29, 0.717) is 5.69 Å². The smallest absolute Gasteiger partial charge is 0.148 e. The number of rotatable bonds is 2. The number of para-hydroxylation sites is 2. The average Bonchev–Trinajstić information content (AvgIpc) is 2.97. The number of phenolic OH excluding ortho intramolecular Hbond substituents is 1. The fourth-order valence-electron chi connectivity index (χ4n) is 3.00. The average molecular weight is 364 g/mol. The number of hydrogen-bond donors (Lipinski definition) is 1. The van der Waals surface area contributed by atoms with Crippen LogP contribution in [0.3, 0.4) is 0 Å². The molecule has 1 aromatic heterocycles. The van der Waals surface area contributed by atoms with Gasteiger partial charge in [0.15, 0.2) is 0 Å². The number of phenols is 1. The standard InChI is InChI=1S/C15H19N3O.Pd/c1-11-16-14(15(2)9-5-6-10-15)18(17-11)12-7-3-4-8-13(12)19;/h3-4,7-8,19H,5-6,9-10H2,1-2H3;.